The molecule has 0 bridgehead atoms. The minimum atomic E-state index is 0.417. The van der Waals surface area contributed by atoms with Crippen LogP contribution in [-0.2, 0) is 6.54 Å². The van der Waals surface area contributed by atoms with E-state index in [0.717, 1.165) is 11.6 Å². The van der Waals surface area contributed by atoms with Gasteiger partial charge in [-0.3, -0.25) is 0 Å². The molecule has 1 atom stereocenters. The summed E-state index contributed by atoms with van der Waals surface area (Å²) < 4.78 is 0. The number of hydrogen-bond donors (Lipinski definition) is 1. The fraction of sp³-hybridized carbons (Fsp3) is 0.333. The van der Waals surface area contributed by atoms with Crippen LogP contribution < -0.4 is 5.32 Å². The van der Waals surface area contributed by atoms with Crippen molar-refractivity contribution in [2.75, 3.05) is 0 Å². The van der Waals surface area contributed by atoms with Crippen molar-refractivity contribution >= 4 is 22.9 Å². The molecule has 3 heteroatoms. The number of benzene rings is 1. The molecule has 18 heavy (non-hydrogen) atoms. The molecular weight excluding hydrogens is 262 g/mol. The predicted octanol–water partition coefficient (Wildman–Crippen LogP) is 4.89. The highest BCUT2D eigenvalue weighted by molar-refractivity contribution is 7.10. The highest BCUT2D eigenvalue weighted by Crippen LogP contribution is 2.26. The fourth-order valence-corrected chi connectivity index (χ4v) is 3.06. The van der Waals surface area contributed by atoms with Gasteiger partial charge in [0.05, 0.1) is 0 Å². The maximum absolute atomic E-state index is 5.89. The van der Waals surface area contributed by atoms with E-state index in [9.17, 15) is 0 Å². The van der Waals surface area contributed by atoms with Crippen LogP contribution in [0.4, 0.5) is 0 Å². The zero-order valence-electron chi connectivity index (χ0n) is 10.7. The van der Waals surface area contributed by atoms with Crippen LogP contribution in [0.5, 0.6) is 0 Å². The summed E-state index contributed by atoms with van der Waals surface area (Å²) in [5.74, 6) is 0.580. The Morgan fingerprint density at radius 3 is 2.44 bits per heavy atom. The standard InChI is InChI=1S/C15H18ClNS/c1-11(2)15(14-4-3-9-18-14)17-10-12-5-7-13(16)8-6-12/h3-9,11,15,17H,10H2,1-2H3. The van der Waals surface area contributed by atoms with Crippen LogP contribution in [0.1, 0.15) is 30.3 Å². The topological polar surface area (TPSA) is 12.0 Å². The highest BCUT2D eigenvalue weighted by Gasteiger charge is 2.15. The van der Waals surface area contributed by atoms with Crippen molar-refractivity contribution < 1.29 is 0 Å². The van der Waals surface area contributed by atoms with Crippen molar-refractivity contribution in [3.63, 3.8) is 0 Å². The summed E-state index contributed by atoms with van der Waals surface area (Å²) in [4.78, 5) is 1.40. The lowest BCUT2D eigenvalue weighted by atomic mass is 10.0. The highest BCUT2D eigenvalue weighted by atomic mass is 35.5. The van der Waals surface area contributed by atoms with Gasteiger partial charge in [0.2, 0.25) is 0 Å². The third kappa shape index (κ3) is 3.58. The minimum absolute atomic E-state index is 0.417. The first kappa shape index (κ1) is 13.6. The van der Waals surface area contributed by atoms with Crippen molar-refractivity contribution in [1.29, 1.82) is 0 Å². The smallest absolute Gasteiger partial charge is 0.0440 e. The summed E-state index contributed by atoms with van der Waals surface area (Å²) in [6.45, 7) is 5.37. The Morgan fingerprint density at radius 1 is 1.17 bits per heavy atom. The number of thiophene rings is 1. The quantitative estimate of drug-likeness (QED) is 0.822. The third-order valence-corrected chi connectivity index (χ3v) is 4.16. The molecule has 1 nitrogen and oxygen atoms in total. The molecule has 0 amide bonds. The van der Waals surface area contributed by atoms with Crippen molar-refractivity contribution in [2.24, 2.45) is 5.92 Å². The Kier molecular flexibility index (Phi) is 4.81. The largest absolute Gasteiger partial charge is 0.305 e. The molecule has 1 unspecified atom stereocenters. The lowest BCUT2D eigenvalue weighted by molar-refractivity contribution is 0.416. The summed E-state index contributed by atoms with van der Waals surface area (Å²) in [6, 6.07) is 12.7. The van der Waals surface area contributed by atoms with Gasteiger partial charge in [-0.15, -0.1) is 11.3 Å². The summed E-state index contributed by atoms with van der Waals surface area (Å²) >= 11 is 7.70. The molecule has 0 radical (unpaired) electrons. The number of nitrogens with one attached hydrogen (secondary N) is 1. The normalized spacial score (nSPS) is 12.9. The Bertz CT molecular complexity index is 462. The van der Waals surface area contributed by atoms with E-state index in [0.29, 0.717) is 12.0 Å². The first-order valence-electron chi connectivity index (χ1n) is 6.18. The van der Waals surface area contributed by atoms with Crippen LogP contribution >= 0.6 is 22.9 Å². The van der Waals surface area contributed by atoms with Gasteiger partial charge in [-0.25, -0.2) is 0 Å². The first-order chi connectivity index (χ1) is 8.66. The van der Waals surface area contributed by atoms with E-state index < -0.39 is 0 Å². The molecule has 2 aromatic rings. The van der Waals surface area contributed by atoms with Gasteiger partial charge >= 0.3 is 0 Å². The van der Waals surface area contributed by atoms with Crippen molar-refractivity contribution in [1.82, 2.24) is 5.32 Å². The summed E-state index contributed by atoms with van der Waals surface area (Å²) in [5.41, 5.74) is 1.27. The Morgan fingerprint density at radius 2 is 1.89 bits per heavy atom. The van der Waals surface area contributed by atoms with E-state index in [-0.39, 0.29) is 0 Å². The molecular formula is C15H18ClNS. The van der Waals surface area contributed by atoms with Gasteiger partial charge in [-0.1, -0.05) is 43.6 Å². The van der Waals surface area contributed by atoms with Gasteiger partial charge in [0, 0.05) is 22.5 Å². The van der Waals surface area contributed by atoms with E-state index in [4.69, 9.17) is 11.6 Å². The van der Waals surface area contributed by atoms with Gasteiger partial charge in [-0.2, -0.15) is 0 Å². The molecule has 1 aromatic heterocycles. The average Bonchev–Trinajstić information content (AvgIpc) is 2.85. The van der Waals surface area contributed by atoms with Crippen LogP contribution in [0.15, 0.2) is 41.8 Å². The molecule has 0 saturated heterocycles. The lowest BCUT2D eigenvalue weighted by Gasteiger charge is -2.21. The number of halogens is 1. The second kappa shape index (κ2) is 6.37. The molecule has 1 aromatic carbocycles. The zero-order chi connectivity index (χ0) is 13.0. The molecule has 0 spiro atoms. The molecule has 2 rings (SSSR count). The average molecular weight is 280 g/mol. The van der Waals surface area contributed by atoms with Crippen LogP contribution in [0.2, 0.25) is 5.02 Å². The first-order valence-corrected chi connectivity index (χ1v) is 7.44. The van der Waals surface area contributed by atoms with Gasteiger partial charge < -0.3 is 5.32 Å². The molecule has 0 saturated carbocycles. The van der Waals surface area contributed by atoms with Crippen LogP contribution in [0, 0.1) is 5.92 Å². The van der Waals surface area contributed by atoms with Crippen molar-refractivity contribution in [3.05, 3.63) is 57.2 Å². The Hall–Kier alpha value is -0.830. The maximum Gasteiger partial charge on any atom is 0.0440 e. The molecule has 1 heterocycles. The van der Waals surface area contributed by atoms with Gasteiger partial charge in [-0.05, 0) is 35.1 Å². The Labute approximate surface area is 118 Å². The number of hydrogen-bond acceptors (Lipinski definition) is 2. The monoisotopic (exact) mass is 279 g/mol. The second-order valence-electron chi connectivity index (χ2n) is 4.74. The summed E-state index contributed by atoms with van der Waals surface area (Å²) in [6.07, 6.45) is 0. The van der Waals surface area contributed by atoms with E-state index >= 15 is 0 Å². The SMILES string of the molecule is CC(C)C(NCc1ccc(Cl)cc1)c1cccs1. The van der Waals surface area contributed by atoms with Crippen molar-refractivity contribution in [3.8, 4) is 0 Å². The minimum Gasteiger partial charge on any atom is -0.305 e. The van der Waals surface area contributed by atoms with Gasteiger partial charge in [0.1, 0.15) is 0 Å². The van der Waals surface area contributed by atoms with Crippen LogP contribution in [0.3, 0.4) is 0 Å². The predicted molar refractivity (Wildman–Crippen MR) is 80.2 cm³/mol. The second-order valence-corrected chi connectivity index (χ2v) is 6.16. The lowest BCUT2D eigenvalue weighted by Crippen LogP contribution is -2.24. The van der Waals surface area contributed by atoms with Crippen LogP contribution in [-0.4, -0.2) is 0 Å². The van der Waals surface area contributed by atoms with E-state index in [1.54, 1.807) is 0 Å². The molecule has 1 N–H and O–H groups in total. The van der Waals surface area contributed by atoms with Crippen molar-refractivity contribution in [2.45, 2.75) is 26.4 Å². The molecule has 96 valence electrons. The van der Waals surface area contributed by atoms with Crippen LogP contribution in [0.25, 0.3) is 0 Å². The third-order valence-electron chi connectivity index (χ3n) is 2.96. The molecule has 0 aliphatic carbocycles. The molecule has 0 aliphatic rings. The number of rotatable bonds is 5. The summed E-state index contributed by atoms with van der Waals surface area (Å²) in [5, 5.41) is 6.55. The van der Waals surface area contributed by atoms with Gasteiger partial charge in [0.15, 0.2) is 0 Å². The van der Waals surface area contributed by atoms with E-state index in [1.165, 1.54) is 10.4 Å². The Balaban J connectivity index is 2.00. The van der Waals surface area contributed by atoms with Gasteiger partial charge in [0.25, 0.3) is 0 Å². The van der Waals surface area contributed by atoms with E-state index in [1.807, 2.05) is 23.5 Å². The van der Waals surface area contributed by atoms with E-state index in [2.05, 4.69) is 48.8 Å². The zero-order valence-corrected chi connectivity index (χ0v) is 12.3. The summed E-state index contributed by atoms with van der Waals surface area (Å²) in [7, 11) is 0. The maximum atomic E-state index is 5.89. The fourth-order valence-electron chi connectivity index (χ4n) is 1.96. The molecule has 0 fully saturated rings. The molecule has 0 aliphatic heterocycles.